The molecule has 1 heterocycles. The van der Waals surface area contributed by atoms with Crippen LogP contribution in [0.3, 0.4) is 0 Å². The van der Waals surface area contributed by atoms with Crippen molar-refractivity contribution in [1.29, 1.82) is 0 Å². The summed E-state index contributed by atoms with van der Waals surface area (Å²) < 4.78 is 0.997. The second kappa shape index (κ2) is 7.35. The number of hydrogen-bond acceptors (Lipinski definition) is 3. The number of nitro groups is 1. The summed E-state index contributed by atoms with van der Waals surface area (Å²) in [6.07, 6.45) is 0. The first-order valence-corrected chi connectivity index (χ1v) is 10.2. The summed E-state index contributed by atoms with van der Waals surface area (Å²) in [5.74, 6) is 0. The molecule has 4 aromatic carbocycles. The van der Waals surface area contributed by atoms with E-state index in [4.69, 9.17) is 4.98 Å². The summed E-state index contributed by atoms with van der Waals surface area (Å²) in [5, 5.41) is 14.5. The second-order valence-corrected chi connectivity index (χ2v) is 7.97. The molecule has 0 radical (unpaired) electrons. The zero-order valence-corrected chi connectivity index (χ0v) is 17.3. The van der Waals surface area contributed by atoms with Crippen molar-refractivity contribution in [3.63, 3.8) is 0 Å². The van der Waals surface area contributed by atoms with E-state index < -0.39 is 0 Å². The maximum atomic E-state index is 11.4. The average Bonchev–Trinajstić information content (AvgIpc) is 2.78. The molecule has 5 aromatic rings. The minimum Gasteiger partial charge on any atom is -0.258 e. The molecular formula is C25H15BrN2O2. The molecule has 5 rings (SSSR count). The number of rotatable bonds is 3. The zero-order chi connectivity index (χ0) is 20.7. The molecule has 5 heteroatoms. The van der Waals surface area contributed by atoms with Crippen molar-refractivity contribution in [3.8, 4) is 22.4 Å². The number of hydrogen-bond donors (Lipinski definition) is 0. The van der Waals surface area contributed by atoms with Crippen LogP contribution in [0.2, 0.25) is 0 Å². The molecule has 0 aliphatic carbocycles. The minimum absolute atomic E-state index is 0.0721. The largest absolute Gasteiger partial charge is 0.270 e. The van der Waals surface area contributed by atoms with Crippen LogP contribution in [0.4, 0.5) is 5.69 Å². The van der Waals surface area contributed by atoms with Gasteiger partial charge < -0.3 is 0 Å². The fourth-order valence-electron chi connectivity index (χ4n) is 3.79. The Hall–Kier alpha value is -3.57. The van der Waals surface area contributed by atoms with Gasteiger partial charge in [0.15, 0.2) is 0 Å². The predicted octanol–water partition coefficient (Wildman–Crippen LogP) is 7.39. The Balaban J connectivity index is 1.87. The molecule has 0 N–H and O–H groups in total. The van der Waals surface area contributed by atoms with Crippen molar-refractivity contribution in [2.75, 3.05) is 0 Å². The van der Waals surface area contributed by atoms with Crippen LogP contribution >= 0.6 is 15.9 Å². The minimum atomic E-state index is -0.360. The lowest BCUT2D eigenvalue weighted by atomic mass is 9.94. The van der Waals surface area contributed by atoms with Gasteiger partial charge >= 0.3 is 0 Å². The molecule has 0 aliphatic heterocycles. The molecule has 0 amide bonds. The number of halogens is 1. The van der Waals surface area contributed by atoms with Crippen LogP contribution in [0.25, 0.3) is 44.1 Å². The normalized spacial score (nSPS) is 11.1. The van der Waals surface area contributed by atoms with E-state index in [1.54, 1.807) is 12.1 Å². The van der Waals surface area contributed by atoms with E-state index in [2.05, 4.69) is 34.1 Å². The first-order valence-electron chi connectivity index (χ1n) is 9.43. The molecule has 1 aromatic heterocycles. The summed E-state index contributed by atoms with van der Waals surface area (Å²) in [4.78, 5) is 15.9. The van der Waals surface area contributed by atoms with Crippen molar-refractivity contribution in [3.05, 3.63) is 106 Å². The van der Waals surface area contributed by atoms with Crippen molar-refractivity contribution in [2.45, 2.75) is 0 Å². The SMILES string of the molecule is O=[N+]([O-])c1cccc(-c2cc(-c3ccc(Br)cc3)nc3ccc4ccccc4c23)c1. The Morgan fingerprint density at radius 1 is 0.800 bits per heavy atom. The number of nitrogens with zero attached hydrogens (tertiary/aromatic N) is 2. The molecule has 0 bridgehead atoms. The molecule has 0 aliphatic rings. The van der Waals surface area contributed by atoms with Gasteiger partial charge in [-0.05, 0) is 46.2 Å². The van der Waals surface area contributed by atoms with Crippen LogP contribution in [-0.2, 0) is 0 Å². The number of fused-ring (bicyclic) bond motifs is 3. The highest BCUT2D eigenvalue weighted by molar-refractivity contribution is 9.10. The molecular weight excluding hydrogens is 440 g/mol. The van der Waals surface area contributed by atoms with Crippen LogP contribution in [0, 0.1) is 10.1 Å². The predicted molar refractivity (Wildman–Crippen MR) is 124 cm³/mol. The van der Waals surface area contributed by atoms with E-state index in [9.17, 15) is 10.1 Å². The van der Waals surface area contributed by atoms with Crippen molar-refractivity contribution < 1.29 is 4.92 Å². The molecule has 0 saturated carbocycles. The summed E-state index contributed by atoms with van der Waals surface area (Å²) in [7, 11) is 0. The molecule has 0 unspecified atom stereocenters. The van der Waals surface area contributed by atoms with Crippen LogP contribution in [0.15, 0.2) is 95.5 Å². The fraction of sp³-hybridized carbons (Fsp3) is 0. The molecule has 4 nitrogen and oxygen atoms in total. The summed E-state index contributed by atoms with van der Waals surface area (Å²) >= 11 is 3.47. The number of benzene rings is 4. The van der Waals surface area contributed by atoms with Gasteiger partial charge in [-0.15, -0.1) is 0 Å². The molecule has 0 saturated heterocycles. The second-order valence-electron chi connectivity index (χ2n) is 7.05. The van der Waals surface area contributed by atoms with Gasteiger partial charge in [-0.25, -0.2) is 4.98 Å². The lowest BCUT2D eigenvalue weighted by Gasteiger charge is -2.13. The number of pyridine rings is 1. The van der Waals surface area contributed by atoms with E-state index in [-0.39, 0.29) is 10.6 Å². The summed E-state index contributed by atoms with van der Waals surface area (Å²) in [5.41, 5.74) is 4.47. The van der Waals surface area contributed by atoms with Crippen molar-refractivity contribution >= 4 is 43.3 Å². The van der Waals surface area contributed by atoms with E-state index in [0.29, 0.717) is 0 Å². The topological polar surface area (TPSA) is 56.0 Å². The molecule has 0 atom stereocenters. The van der Waals surface area contributed by atoms with Crippen LogP contribution in [0.5, 0.6) is 0 Å². The van der Waals surface area contributed by atoms with Gasteiger partial charge in [-0.1, -0.05) is 70.5 Å². The molecule has 144 valence electrons. The monoisotopic (exact) mass is 454 g/mol. The van der Waals surface area contributed by atoms with Gasteiger partial charge in [-0.3, -0.25) is 10.1 Å². The number of aromatic nitrogens is 1. The number of non-ortho nitro benzene ring substituents is 1. The van der Waals surface area contributed by atoms with Crippen LogP contribution in [0.1, 0.15) is 0 Å². The van der Waals surface area contributed by atoms with Gasteiger partial charge in [0.1, 0.15) is 0 Å². The smallest absolute Gasteiger partial charge is 0.258 e. The van der Waals surface area contributed by atoms with Crippen molar-refractivity contribution in [2.24, 2.45) is 0 Å². The molecule has 0 fully saturated rings. The Morgan fingerprint density at radius 2 is 1.60 bits per heavy atom. The summed E-state index contributed by atoms with van der Waals surface area (Å²) in [6.45, 7) is 0. The third kappa shape index (κ3) is 3.23. The van der Waals surface area contributed by atoms with Gasteiger partial charge in [-0.2, -0.15) is 0 Å². The molecule has 0 spiro atoms. The number of nitro benzene ring substituents is 1. The summed E-state index contributed by atoms with van der Waals surface area (Å²) in [6, 6.07) is 29.0. The maximum absolute atomic E-state index is 11.4. The van der Waals surface area contributed by atoms with Gasteiger partial charge in [0.25, 0.3) is 5.69 Å². The maximum Gasteiger partial charge on any atom is 0.270 e. The first kappa shape index (κ1) is 18.5. The van der Waals surface area contributed by atoms with Crippen LogP contribution < -0.4 is 0 Å². The highest BCUT2D eigenvalue weighted by Gasteiger charge is 2.15. The Bertz CT molecular complexity index is 1430. The Morgan fingerprint density at radius 3 is 2.40 bits per heavy atom. The quantitative estimate of drug-likeness (QED) is 0.162. The van der Waals surface area contributed by atoms with Gasteiger partial charge in [0.05, 0.1) is 16.1 Å². The highest BCUT2D eigenvalue weighted by atomic mass is 79.9. The average molecular weight is 455 g/mol. The van der Waals surface area contributed by atoms with E-state index >= 15 is 0 Å². The Labute approximate surface area is 181 Å². The van der Waals surface area contributed by atoms with Crippen molar-refractivity contribution in [1.82, 2.24) is 4.98 Å². The third-order valence-electron chi connectivity index (χ3n) is 5.21. The van der Waals surface area contributed by atoms with E-state index in [0.717, 1.165) is 48.5 Å². The van der Waals surface area contributed by atoms with Gasteiger partial charge in [0, 0.05) is 27.6 Å². The van der Waals surface area contributed by atoms with Gasteiger partial charge in [0.2, 0.25) is 0 Å². The van der Waals surface area contributed by atoms with E-state index in [1.165, 1.54) is 6.07 Å². The zero-order valence-electron chi connectivity index (χ0n) is 15.7. The van der Waals surface area contributed by atoms with Crippen LogP contribution in [-0.4, -0.2) is 9.91 Å². The Kier molecular flexibility index (Phi) is 4.52. The third-order valence-corrected chi connectivity index (χ3v) is 5.73. The van der Waals surface area contributed by atoms with E-state index in [1.807, 2.05) is 54.6 Å². The first-order chi connectivity index (χ1) is 14.6. The lowest BCUT2D eigenvalue weighted by Crippen LogP contribution is -1.93. The fourth-order valence-corrected chi connectivity index (χ4v) is 4.05. The standard InChI is InChI=1S/C25H15BrN2O2/c26-19-11-8-17(9-12-19)24-15-22(18-5-3-6-20(14-18)28(29)30)25-21-7-2-1-4-16(21)10-13-23(25)27-24/h1-15H. The highest BCUT2D eigenvalue weighted by Crippen LogP contribution is 2.37. The molecule has 30 heavy (non-hydrogen) atoms. The lowest BCUT2D eigenvalue weighted by molar-refractivity contribution is -0.384.